The molecule has 2 aliphatic rings. The van der Waals surface area contributed by atoms with Gasteiger partial charge in [-0.25, -0.2) is 4.79 Å². The number of carbonyl (C=O) groups is 1. The monoisotopic (exact) mass is 459 g/mol. The number of phenols is 1. The minimum Gasteiger partial charge on any atom is -0.508 e. The van der Waals surface area contributed by atoms with E-state index >= 15 is 0 Å². The molecule has 0 bridgehead atoms. The van der Waals surface area contributed by atoms with Crippen LogP contribution in [-0.2, 0) is 22.5 Å². The summed E-state index contributed by atoms with van der Waals surface area (Å²) in [5, 5.41) is 30.4. The molecule has 0 amide bonds. The third-order valence-electron chi connectivity index (χ3n) is 6.79. The number of hydrogen-bond acceptors (Lipinski definition) is 7. The molecule has 4 N–H and O–H groups in total. The van der Waals surface area contributed by atoms with Crippen molar-refractivity contribution in [3.8, 4) is 5.75 Å². The van der Waals surface area contributed by atoms with Crippen molar-refractivity contribution in [2.24, 2.45) is 0 Å². The second-order valence-corrected chi connectivity index (χ2v) is 9.37. The van der Waals surface area contributed by atoms with Crippen molar-refractivity contribution in [2.75, 3.05) is 19.7 Å². The van der Waals surface area contributed by atoms with Gasteiger partial charge in [-0.3, -0.25) is 24.0 Å². The number of carboxylic acid groups (broad SMARTS) is 1. The number of phenolic OH excluding ortho intramolecular Hbond substituents is 1. The van der Waals surface area contributed by atoms with Gasteiger partial charge < -0.3 is 20.1 Å². The van der Waals surface area contributed by atoms with Crippen molar-refractivity contribution in [1.29, 1.82) is 0 Å². The molecule has 0 aliphatic carbocycles. The summed E-state index contributed by atoms with van der Waals surface area (Å²) in [6.07, 6.45) is 2.98. The summed E-state index contributed by atoms with van der Waals surface area (Å²) in [5.41, 5.74) is -1.47. The Bertz CT molecular complexity index is 1150. The van der Waals surface area contributed by atoms with Gasteiger partial charge in [0.15, 0.2) is 0 Å². The van der Waals surface area contributed by atoms with Gasteiger partial charge in [-0.1, -0.05) is 12.1 Å². The molecule has 2 aliphatic heterocycles. The van der Waals surface area contributed by atoms with Crippen LogP contribution in [0.5, 0.6) is 5.75 Å². The lowest BCUT2D eigenvalue weighted by molar-refractivity contribution is -0.197. The Morgan fingerprint density at radius 1 is 1.24 bits per heavy atom. The fourth-order valence-corrected chi connectivity index (χ4v) is 5.04. The van der Waals surface area contributed by atoms with Gasteiger partial charge in [0.1, 0.15) is 5.75 Å². The van der Waals surface area contributed by atoms with Crippen LogP contribution in [-0.4, -0.2) is 66.6 Å². The molecule has 1 spiro atoms. The van der Waals surface area contributed by atoms with Gasteiger partial charge in [0.05, 0.1) is 30.3 Å². The molecule has 4 rings (SSSR count). The number of carboxylic acids is 1. The fraction of sp³-hybridized carbons (Fsp3) is 0.522. The minimum absolute atomic E-state index is 0.0983. The molecule has 2 saturated heterocycles. The molecule has 3 heterocycles. The highest BCUT2D eigenvalue weighted by Crippen LogP contribution is 2.43. The first-order chi connectivity index (χ1) is 15.6. The van der Waals surface area contributed by atoms with E-state index in [0.717, 1.165) is 0 Å². The van der Waals surface area contributed by atoms with E-state index in [2.05, 4.69) is 9.88 Å². The maximum atomic E-state index is 12.2. The van der Waals surface area contributed by atoms with Crippen LogP contribution in [0.3, 0.4) is 0 Å². The third kappa shape index (κ3) is 5.02. The number of aromatic amines is 1. The number of benzene rings is 1. The van der Waals surface area contributed by atoms with Crippen LogP contribution in [0.1, 0.15) is 43.4 Å². The fourth-order valence-electron chi connectivity index (χ4n) is 5.04. The molecule has 2 fully saturated rings. The van der Waals surface area contributed by atoms with Gasteiger partial charge in [0, 0.05) is 43.9 Å². The number of aliphatic hydroxyl groups is 1. The molecule has 0 unspecified atom stereocenters. The first-order valence-corrected chi connectivity index (χ1v) is 11.0. The van der Waals surface area contributed by atoms with Gasteiger partial charge in [-0.15, -0.1) is 0 Å². The topological polar surface area (TPSA) is 145 Å². The summed E-state index contributed by atoms with van der Waals surface area (Å²) in [4.78, 5) is 38.9. The number of H-pyrrole nitrogens is 1. The summed E-state index contributed by atoms with van der Waals surface area (Å²) in [6, 6.07) is 5.50. The highest BCUT2D eigenvalue weighted by molar-refractivity contribution is 5.70. The Hall–Kier alpha value is -2.95. The molecule has 10 heteroatoms. The van der Waals surface area contributed by atoms with E-state index < -0.39 is 34.5 Å². The van der Waals surface area contributed by atoms with Crippen molar-refractivity contribution in [2.45, 2.75) is 56.4 Å². The Labute approximate surface area is 190 Å². The largest absolute Gasteiger partial charge is 0.508 e. The normalized spacial score (nSPS) is 25.2. The molecule has 1 aromatic carbocycles. The van der Waals surface area contributed by atoms with Gasteiger partial charge in [0.25, 0.3) is 5.56 Å². The lowest BCUT2D eigenvalue weighted by atomic mass is 9.75. The molecule has 2 atom stereocenters. The predicted molar refractivity (Wildman–Crippen MR) is 118 cm³/mol. The molecule has 0 saturated carbocycles. The third-order valence-corrected chi connectivity index (χ3v) is 6.79. The van der Waals surface area contributed by atoms with Crippen LogP contribution >= 0.6 is 0 Å². The second-order valence-electron chi connectivity index (χ2n) is 9.37. The summed E-state index contributed by atoms with van der Waals surface area (Å²) in [6.45, 7) is 3.69. The van der Waals surface area contributed by atoms with Gasteiger partial charge >= 0.3 is 11.7 Å². The van der Waals surface area contributed by atoms with Crippen molar-refractivity contribution >= 4 is 5.97 Å². The number of hydrogen-bond donors (Lipinski definition) is 4. The number of likely N-dealkylation sites (tertiary alicyclic amines) is 1. The maximum Gasteiger partial charge on any atom is 0.328 e. The molecule has 0 radical (unpaired) electrons. The Balaban J connectivity index is 1.41. The van der Waals surface area contributed by atoms with Crippen LogP contribution in [0.25, 0.3) is 0 Å². The number of nitrogens with one attached hydrogen (secondary N) is 1. The lowest BCUT2D eigenvalue weighted by Gasteiger charge is -2.51. The average molecular weight is 459 g/mol. The van der Waals surface area contributed by atoms with Gasteiger partial charge in [0.2, 0.25) is 0 Å². The zero-order valence-electron chi connectivity index (χ0n) is 18.5. The summed E-state index contributed by atoms with van der Waals surface area (Å²) in [5.74, 6) is -0.786. The van der Waals surface area contributed by atoms with Crippen molar-refractivity contribution in [1.82, 2.24) is 14.5 Å². The second kappa shape index (κ2) is 8.77. The Kier molecular flexibility index (Phi) is 6.17. The van der Waals surface area contributed by atoms with Gasteiger partial charge in [-0.2, -0.15) is 0 Å². The first kappa shape index (κ1) is 23.2. The molecule has 1 aromatic heterocycles. The highest BCUT2D eigenvalue weighted by atomic mass is 16.5. The molecular weight excluding hydrogens is 430 g/mol. The van der Waals surface area contributed by atoms with E-state index in [0.29, 0.717) is 50.0 Å². The van der Waals surface area contributed by atoms with Crippen LogP contribution in [0, 0.1) is 0 Å². The molecular formula is C23H29N3O7. The zero-order chi connectivity index (χ0) is 23.8. The van der Waals surface area contributed by atoms with E-state index in [4.69, 9.17) is 9.84 Å². The van der Waals surface area contributed by atoms with Gasteiger partial charge in [-0.05, 0) is 31.4 Å². The van der Waals surface area contributed by atoms with E-state index in [1.165, 1.54) is 22.9 Å². The van der Waals surface area contributed by atoms with Crippen molar-refractivity contribution in [3.05, 3.63) is 62.4 Å². The summed E-state index contributed by atoms with van der Waals surface area (Å²) < 4.78 is 7.54. The predicted octanol–water partition coefficient (Wildman–Crippen LogP) is 0.616. The standard InChI is InChI=1S/C23H29N3O7/c1-22(32)14-23(33-13-18(22)26-7-4-19(28)24-21(26)31)5-8-25(9-6-23)12-16-10-15(11-20(29)30)2-3-17(16)27/h2-4,7,10,18,27,32H,5-6,8-9,11-14H2,1H3,(H,29,30)(H,24,28,31)/t18-,22-/m0/s1. The minimum atomic E-state index is -1.20. The van der Waals surface area contributed by atoms with Crippen LogP contribution < -0.4 is 11.2 Å². The van der Waals surface area contributed by atoms with Crippen LogP contribution in [0.4, 0.5) is 0 Å². The first-order valence-electron chi connectivity index (χ1n) is 11.0. The Morgan fingerprint density at radius 3 is 2.61 bits per heavy atom. The van der Waals surface area contributed by atoms with Crippen molar-refractivity contribution in [3.63, 3.8) is 0 Å². The quantitative estimate of drug-likeness (QED) is 0.509. The lowest BCUT2D eigenvalue weighted by Crippen LogP contribution is -2.58. The summed E-state index contributed by atoms with van der Waals surface area (Å²) in [7, 11) is 0. The Morgan fingerprint density at radius 2 is 1.97 bits per heavy atom. The van der Waals surface area contributed by atoms with E-state index in [-0.39, 0.29) is 18.8 Å². The number of piperidine rings is 1. The number of nitrogens with zero attached hydrogens (tertiary/aromatic N) is 2. The van der Waals surface area contributed by atoms with E-state index in [1.54, 1.807) is 19.1 Å². The SMILES string of the molecule is C[C@]1(O)CC2(CCN(Cc3cc(CC(=O)O)ccc3O)CC2)OC[C@@H]1n1ccc(=O)[nH]c1=O. The number of aliphatic carboxylic acids is 1. The van der Waals surface area contributed by atoms with Crippen LogP contribution in [0.2, 0.25) is 0 Å². The number of rotatable bonds is 5. The number of aromatic nitrogens is 2. The molecule has 178 valence electrons. The van der Waals surface area contributed by atoms with E-state index in [9.17, 15) is 24.6 Å². The number of ether oxygens (including phenoxy) is 1. The van der Waals surface area contributed by atoms with Crippen molar-refractivity contribution < 1.29 is 24.9 Å². The zero-order valence-corrected chi connectivity index (χ0v) is 18.5. The smallest absolute Gasteiger partial charge is 0.328 e. The highest BCUT2D eigenvalue weighted by Gasteiger charge is 2.50. The maximum absolute atomic E-state index is 12.2. The summed E-state index contributed by atoms with van der Waals surface area (Å²) >= 11 is 0. The van der Waals surface area contributed by atoms with E-state index in [1.807, 2.05) is 0 Å². The number of aromatic hydroxyl groups is 1. The molecule has 33 heavy (non-hydrogen) atoms. The molecule has 10 nitrogen and oxygen atoms in total. The van der Waals surface area contributed by atoms with Crippen LogP contribution in [0.15, 0.2) is 40.1 Å². The molecule has 2 aromatic rings. The average Bonchev–Trinajstić information content (AvgIpc) is 2.72.